The molecule has 2 aliphatic rings. The number of benzene rings is 1. The van der Waals surface area contributed by atoms with Crippen LogP contribution in [0.5, 0.6) is 0 Å². The normalized spacial score (nSPS) is 20.9. The third-order valence-electron chi connectivity index (χ3n) is 7.57. The van der Waals surface area contributed by atoms with Crippen molar-refractivity contribution < 1.29 is 13.6 Å². The summed E-state index contributed by atoms with van der Waals surface area (Å²) in [6.07, 6.45) is 3.75. The molecule has 1 saturated heterocycles. The van der Waals surface area contributed by atoms with Crippen LogP contribution in [0.15, 0.2) is 59.7 Å². The molecule has 200 valence electrons. The number of amides is 1. The quantitative estimate of drug-likeness (QED) is 0.540. The molecule has 38 heavy (non-hydrogen) atoms. The van der Waals surface area contributed by atoms with E-state index in [-0.39, 0.29) is 41.9 Å². The maximum Gasteiger partial charge on any atom is 0.250 e. The lowest BCUT2D eigenvalue weighted by atomic mass is 9.88. The van der Waals surface area contributed by atoms with Gasteiger partial charge in [-0.15, -0.1) is 0 Å². The Bertz CT molecular complexity index is 1410. The topological polar surface area (TPSA) is 70.5 Å². The SMILES string of the molecule is C[C@@H]1CN(CC(=O)N2CC(C)(C)c3cnc(Cc4ccc(F)cc4F)cc32)[C@@H](Cn2ccccc2=O)CN1. The van der Waals surface area contributed by atoms with Crippen molar-refractivity contribution in [3.63, 3.8) is 0 Å². The van der Waals surface area contributed by atoms with E-state index in [1.807, 2.05) is 12.1 Å². The Balaban J connectivity index is 1.37. The van der Waals surface area contributed by atoms with Crippen molar-refractivity contribution in [2.75, 3.05) is 31.1 Å². The van der Waals surface area contributed by atoms with Crippen LogP contribution in [-0.2, 0) is 23.2 Å². The summed E-state index contributed by atoms with van der Waals surface area (Å²) in [6, 6.07) is 10.7. The monoisotopic (exact) mass is 521 g/mol. The van der Waals surface area contributed by atoms with Crippen LogP contribution in [0.4, 0.5) is 14.5 Å². The lowest BCUT2D eigenvalue weighted by Crippen LogP contribution is -2.59. The van der Waals surface area contributed by atoms with Gasteiger partial charge in [-0.2, -0.15) is 0 Å². The molecule has 0 unspecified atom stereocenters. The molecule has 4 heterocycles. The first-order chi connectivity index (χ1) is 18.1. The smallest absolute Gasteiger partial charge is 0.250 e. The minimum atomic E-state index is -0.621. The lowest BCUT2D eigenvalue weighted by Gasteiger charge is -2.39. The molecule has 0 spiro atoms. The molecule has 2 atom stereocenters. The highest BCUT2D eigenvalue weighted by molar-refractivity contribution is 5.97. The zero-order valence-corrected chi connectivity index (χ0v) is 22.0. The summed E-state index contributed by atoms with van der Waals surface area (Å²) in [7, 11) is 0. The first-order valence-electron chi connectivity index (χ1n) is 13.0. The van der Waals surface area contributed by atoms with Gasteiger partial charge in [-0.3, -0.25) is 19.5 Å². The average Bonchev–Trinajstić information content (AvgIpc) is 3.14. The predicted molar refractivity (Wildman–Crippen MR) is 142 cm³/mol. The van der Waals surface area contributed by atoms with Gasteiger partial charge in [0.05, 0.1) is 12.2 Å². The number of fused-ring (bicyclic) bond motifs is 1. The van der Waals surface area contributed by atoms with Crippen molar-refractivity contribution in [2.24, 2.45) is 0 Å². The fourth-order valence-electron chi connectivity index (χ4n) is 5.48. The second-order valence-electron chi connectivity index (χ2n) is 11.1. The van der Waals surface area contributed by atoms with Crippen molar-refractivity contribution in [2.45, 2.75) is 51.2 Å². The van der Waals surface area contributed by atoms with E-state index in [1.165, 1.54) is 12.1 Å². The van der Waals surface area contributed by atoms with Crippen molar-refractivity contribution >= 4 is 11.6 Å². The minimum Gasteiger partial charge on any atom is -0.314 e. The van der Waals surface area contributed by atoms with Crippen molar-refractivity contribution in [3.05, 3.63) is 93.7 Å². The molecule has 1 N–H and O–H groups in total. The molecule has 0 bridgehead atoms. The number of nitrogens with one attached hydrogen (secondary N) is 1. The average molecular weight is 522 g/mol. The molecule has 1 fully saturated rings. The van der Waals surface area contributed by atoms with Gasteiger partial charge in [-0.25, -0.2) is 8.78 Å². The number of hydrogen-bond acceptors (Lipinski definition) is 5. The molecule has 0 saturated carbocycles. The van der Waals surface area contributed by atoms with Crippen LogP contribution in [0.25, 0.3) is 0 Å². The Morgan fingerprint density at radius 3 is 2.76 bits per heavy atom. The van der Waals surface area contributed by atoms with Crippen LogP contribution in [0.1, 0.15) is 37.6 Å². The molecule has 7 nitrogen and oxygen atoms in total. The van der Waals surface area contributed by atoms with Gasteiger partial charge in [0.1, 0.15) is 11.6 Å². The Morgan fingerprint density at radius 2 is 2.00 bits per heavy atom. The van der Waals surface area contributed by atoms with Crippen LogP contribution < -0.4 is 15.8 Å². The van der Waals surface area contributed by atoms with E-state index in [2.05, 4.69) is 36.0 Å². The number of rotatable bonds is 6. The van der Waals surface area contributed by atoms with E-state index in [0.717, 1.165) is 17.3 Å². The lowest BCUT2D eigenvalue weighted by molar-refractivity contribution is -0.120. The van der Waals surface area contributed by atoms with E-state index in [1.54, 1.807) is 34.0 Å². The highest BCUT2D eigenvalue weighted by atomic mass is 19.1. The maximum atomic E-state index is 14.3. The van der Waals surface area contributed by atoms with Crippen molar-refractivity contribution in [3.8, 4) is 0 Å². The molecule has 3 aromatic rings. The molecule has 2 aromatic heterocycles. The standard InChI is InChI=1S/C29H33F2N5O2/c1-19-15-35(23(13-32-19)16-34-9-5-4-6-27(34)37)17-28(38)36-18-29(2,3)24-14-33-22(12-26(24)36)10-20-7-8-21(30)11-25(20)31/h4-9,11-12,14,19,23,32H,10,13,15-18H2,1-3H3/t19-,23-/m1/s1. The first-order valence-corrected chi connectivity index (χ1v) is 13.0. The molecule has 0 aliphatic carbocycles. The van der Waals surface area contributed by atoms with Gasteiger partial charge in [0.15, 0.2) is 0 Å². The van der Waals surface area contributed by atoms with Crippen LogP contribution in [-0.4, -0.2) is 58.6 Å². The van der Waals surface area contributed by atoms with Gasteiger partial charge >= 0.3 is 0 Å². The molecular weight excluding hydrogens is 488 g/mol. The van der Waals surface area contributed by atoms with E-state index < -0.39 is 11.6 Å². The van der Waals surface area contributed by atoms with Gasteiger partial charge in [0, 0.05) is 85.9 Å². The Labute approximate surface area is 221 Å². The fourth-order valence-corrected chi connectivity index (χ4v) is 5.48. The van der Waals surface area contributed by atoms with Crippen molar-refractivity contribution in [1.82, 2.24) is 19.8 Å². The zero-order valence-electron chi connectivity index (χ0n) is 22.0. The Morgan fingerprint density at radius 1 is 1.18 bits per heavy atom. The van der Waals surface area contributed by atoms with Crippen LogP contribution in [0.3, 0.4) is 0 Å². The highest BCUT2D eigenvalue weighted by Gasteiger charge is 2.40. The van der Waals surface area contributed by atoms with Gasteiger partial charge in [0.25, 0.3) is 5.56 Å². The summed E-state index contributed by atoms with van der Waals surface area (Å²) in [5.41, 5.74) is 2.36. The summed E-state index contributed by atoms with van der Waals surface area (Å²) >= 11 is 0. The molecule has 1 aromatic carbocycles. The molecule has 5 rings (SSSR count). The van der Waals surface area contributed by atoms with E-state index in [4.69, 9.17) is 0 Å². The number of nitrogens with zero attached hydrogens (tertiary/aromatic N) is 4. The number of piperazine rings is 1. The number of carbonyl (C=O) groups excluding carboxylic acids is 1. The van der Waals surface area contributed by atoms with Gasteiger partial charge < -0.3 is 14.8 Å². The van der Waals surface area contributed by atoms with E-state index in [9.17, 15) is 18.4 Å². The zero-order chi connectivity index (χ0) is 27.0. The predicted octanol–water partition coefficient (Wildman–Crippen LogP) is 3.10. The summed E-state index contributed by atoms with van der Waals surface area (Å²) < 4.78 is 29.3. The number of hydrogen-bond donors (Lipinski definition) is 1. The summed E-state index contributed by atoms with van der Waals surface area (Å²) in [6.45, 7) is 8.84. The second kappa shape index (κ2) is 10.4. The number of carbonyl (C=O) groups is 1. The molecule has 1 amide bonds. The summed E-state index contributed by atoms with van der Waals surface area (Å²) in [4.78, 5) is 34.6. The van der Waals surface area contributed by atoms with Crippen LogP contribution in [0, 0.1) is 11.6 Å². The van der Waals surface area contributed by atoms with Gasteiger partial charge in [0.2, 0.25) is 5.91 Å². The van der Waals surface area contributed by atoms with Gasteiger partial charge in [-0.05, 0) is 30.7 Å². The third-order valence-corrected chi connectivity index (χ3v) is 7.57. The largest absolute Gasteiger partial charge is 0.314 e. The molecule has 9 heteroatoms. The Hall–Kier alpha value is -3.43. The fraction of sp³-hybridized carbons (Fsp3) is 0.414. The first kappa shape index (κ1) is 26.2. The summed E-state index contributed by atoms with van der Waals surface area (Å²) in [5, 5.41) is 3.47. The van der Waals surface area contributed by atoms with E-state index >= 15 is 0 Å². The number of anilines is 1. The number of pyridine rings is 2. The van der Waals surface area contributed by atoms with Gasteiger partial charge in [-0.1, -0.05) is 26.0 Å². The number of halogens is 2. The molecule has 2 aliphatic heterocycles. The minimum absolute atomic E-state index is 0.0141. The van der Waals surface area contributed by atoms with E-state index in [0.29, 0.717) is 37.4 Å². The van der Waals surface area contributed by atoms with Crippen LogP contribution in [0.2, 0.25) is 0 Å². The Kier molecular flexibility index (Phi) is 7.15. The van der Waals surface area contributed by atoms with Crippen LogP contribution >= 0.6 is 0 Å². The molecular formula is C29H33F2N5O2. The van der Waals surface area contributed by atoms with Crippen molar-refractivity contribution in [1.29, 1.82) is 0 Å². The third kappa shape index (κ3) is 5.39. The highest BCUT2D eigenvalue weighted by Crippen LogP contribution is 2.40. The maximum absolute atomic E-state index is 14.3. The second-order valence-corrected chi connectivity index (χ2v) is 11.1. The molecule has 0 radical (unpaired) electrons. The number of aromatic nitrogens is 2. The summed E-state index contributed by atoms with van der Waals surface area (Å²) in [5.74, 6) is -1.26.